The van der Waals surface area contributed by atoms with Gasteiger partial charge in [-0.3, -0.25) is 0 Å². The molecule has 4 nitrogen and oxygen atoms in total. The Morgan fingerprint density at radius 3 is 2.30 bits per heavy atom. The van der Waals surface area contributed by atoms with Gasteiger partial charge in [-0.2, -0.15) is 0 Å². The van der Waals surface area contributed by atoms with Crippen LogP contribution in [0.15, 0.2) is 0 Å². The Hall–Kier alpha value is -0.233. The van der Waals surface area contributed by atoms with Gasteiger partial charge in [0, 0.05) is 6.42 Å². The first kappa shape index (κ1) is 17.8. The maximum absolute atomic E-state index is 10.8. The summed E-state index contributed by atoms with van der Waals surface area (Å²) in [6.07, 6.45) is 0.745. The van der Waals surface area contributed by atoms with Crippen LogP contribution >= 0.6 is 0 Å². The molecule has 0 aromatic carbocycles. The zero-order chi connectivity index (χ0) is 15.8. The van der Waals surface area contributed by atoms with Gasteiger partial charge < -0.3 is 18.7 Å². The van der Waals surface area contributed by atoms with Crippen LogP contribution in [0.2, 0.25) is 18.1 Å². The van der Waals surface area contributed by atoms with Crippen molar-refractivity contribution in [1.29, 1.82) is 0 Å². The largest absolute Gasteiger partial charge is 0.411 e. The van der Waals surface area contributed by atoms with Gasteiger partial charge >= 0.3 is 0 Å². The normalized spacial score (nSPS) is 28.4. The molecule has 1 heterocycles. The molecule has 0 spiro atoms. The Balaban J connectivity index is 2.80. The lowest BCUT2D eigenvalue weighted by Crippen LogP contribution is -2.48. The maximum atomic E-state index is 10.8. The summed E-state index contributed by atoms with van der Waals surface area (Å²) in [5.74, 6) is -0.649. The van der Waals surface area contributed by atoms with Gasteiger partial charge in [0.05, 0.1) is 12.2 Å². The zero-order valence-electron chi connectivity index (χ0n) is 14.1. The van der Waals surface area contributed by atoms with E-state index < -0.39 is 14.1 Å². The lowest BCUT2D eigenvalue weighted by molar-refractivity contribution is -0.153. The fraction of sp³-hybridized carbons (Fsp3) is 0.933. The molecule has 1 aliphatic heterocycles. The molecule has 0 aromatic heterocycles. The summed E-state index contributed by atoms with van der Waals surface area (Å²) < 4.78 is 18.1. The van der Waals surface area contributed by atoms with E-state index in [-0.39, 0.29) is 23.4 Å². The first-order valence-corrected chi connectivity index (χ1v) is 10.3. The molecule has 0 amide bonds. The highest BCUT2D eigenvalue weighted by Crippen LogP contribution is 2.39. The van der Waals surface area contributed by atoms with Gasteiger partial charge in [0.15, 0.2) is 14.1 Å². The predicted octanol–water partition coefficient (Wildman–Crippen LogP) is 3.51. The topological polar surface area (TPSA) is 44.8 Å². The monoisotopic (exact) mass is 302 g/mol. The number of rotatable bonds is 5. The Labute approximate surface area is 124 Å². The minimum atomic E-state index is -1.86. The smallest absolute Gasteiger partial charge is 0.192 e. The maximum Gasteiger partial charge on any atom is 0.192 e. The van der Waals surface area contributed by atoms with Crippen molar-refractivity contribution in [2.24, 2.45) is 0 Å². The summed E-state index contributed by atoms with van der Waals surface area (Å²) in [5, 5.41) is 0.149. The van der Waals surface area contributed by atoms with Crippen molar-refractivity contribution in [2.45, 2.75) is 90.2 Å². The lowest BCUT2D eigenvalue weighted by Gasteiger charge is -2.40. The Morgan fingerprint density at radius 1 is 1.30 bits per heavy atom. The van der Waals surface area contributed by atoms with Gasteiger partial charge in [-0.1, -0.05) is 20.8 Å². The molecular weight excluding hydrogens is 272 g/mol. The molecule has 0 bridgehead atoms. The van der Waals surface area contributed by atoms with Crippen molar-refractivity contribution < 1.29 is 18.7 Å². The van der Waals surface area contributed by atoms with Gasteiger partial charge in [-0.05, 0) is 38.9 Å². The van der Waals surface area contributed by atoms with E-state index in [2.05, 4.69) is 33.9 Å². The highest BCUT2D eigenvalue weighted by molar-refractivity contribution is 6.74. The van der Waals surface area contributed by atoms with E-state index in [9.17, 15) is 4.79 Å². The van der Waals surface area contributed by atoms with Gasteiger partial charge in [-0.25, -0.2) is 0 Å². The summed E-state index contributed by atoms with van der Waals surface area (Å²) in [6.45, 7) is 16.9. The SMILES string of the molecule is C[C@@H](O[Si](C)(C)C(C)(C)C)[C@@H]1OC(C)(C)O[C@@H]1CC=O. The number of carbonyl (C=O) groups excluding carboxylic acids is 1. The molecule has 3 atom stereocenters. The molecule has 1 rings (SSSR count). The Bertz CT molecular complexity index is 346. The second-order valence-corrected chi connectivity index (χ2v) is 12.4. The highest BCUT2D eigenvalue weighted by Gasteiger charge is 2.47. The van der Waals surface area contributed by atoms with Gasteiger partial charge in [-0.15, -0.1) is 0 Å². The Morgan fingerprint density at radius 2 is 1.85 bits per heavy atom. The molecule has 1 fully saturated rings. The first-order chi connectivity index (χ1) is 8.89. The molecule has 1 saturated heterocycles. The lowest BCUT2D eigenvalue weighted by atomic mass is 10.1. The van der Waals surface area contributed by atoms with Crippen LogP contribution in [-0.4, -0.2) is 38.7 Å². The molecule has 5 heteroatoms. The van der Waals surface area contributed by atoms with E-state index in [0.29, 0.717) is 6.42 Å². The van der Waals surface area contributed by atoms with Crippen molar-refractivity contribution in [2.75, 3.05) is 0 Å². The molecule has 0 saturated carbocycles. The number of hydrogen-bond acceptors (Lipinski definition) is 4. The number of ether oxygens (including phenoxy) is 2. The van der Waals surface area contributed by atoms with Gasteiger partial charge in [0.25, 0.3) is 0 Å². The van der Waals surface area contributed by atoms with Crippen molar-refractivity contribution in [3.63, 3.8) is 0 Å². The highest BCUT2D eigenvalue weighted by atomic mass is 28.4. The molecule has 0 radical (unpaired) electrons. The minimum Gasteiger partial charge on any atom is -0.411 e. The van der Waals surface area contributed by atoms with Crippen LogP contribution in [0.3, 0.4) is 0 Å². The number of aldehydes is 1. The third-order valence-electron chi connectivity index (χ3n) is 4.30. The van der Waals surface area contributed by atoms with Gasteiger partial charge in [0.1, 0.15) is 12.4 Å². The van der Waals surface area contributed by atoms with Crippen molar-refractivity contribution in [3.8, 4) is 0 Å². The summed E-state index contributed by atoms with van der Waals surface area (Å²) >= 11 is 0. The molecule has 20 heavy (non-hydrogen) atoms. The Kier molecular flexibility index (Phi) is 5.23. The molecule has 0 unspecified atom stereocenters. The van der Waals surface area contributed by atoms with E-state index in [1.54, 1.807) is 0 Å². The van der Waals surface area contributed by atoms with Gasteiger partial charge in [0.2, 0.25) is 0 Å². The molecule has 0 aliphatic carbocycles. The molecule has 1 aliphatic rings. The van der Waals surface area contributed by atoms with Crippen LogP contribution in [-0.2, 0) is 18.7 Å². The third-order valence-corrected chi connectivity index (χ3v) is 8.87. The number of hydrogen-bond donors (Lipinski definition) is 0. The quantitative estimate of drug-likeness (QED) is 0.576. The molecule has 0 N–H and O–H groups in total. The van der Waals surface area contributed by atoms with E-state index in [1.807, 2.05) is 20.8 Å². The third kappa shape index (κ3) is 4.13. The average molecular weight is 302 g/mol. The summed E-state index contributed by atoms with van der Waals surface area (Å²) in [6, 6.07) is 0. The van der Waals surface area contributed by atoms with Crippen LogP contribution < -0.4 is 0 Å². The summed E-state index contributed by atoms with van der Waals surface area (Å²) in [5.41, 5.74) is 0. The number of carbonyl (C=O) groups is 1. The van der Waals surface area contributed by atoms with E-state index in [4.69, 9.17) is 13.9 Å². The van der Waals surface area contributed by atoms with Crippen molar-refractivity contribution in [1.82, 2.24) is 0 Å². The second kappa shape index (κ2) is 5.87. The first-order valence-electron chi connectivity index (χ1n) is 7.37. The second-order valence-electron chi connectivity index (χ2n) is 7.62. The average Bonchev–Trinajstić information content (AvgIpc) is 2.52. The van der Waals surface area contributed by atoms with Crippen molar-refractivity contribution in [3.05, 3.63) is 0 Å². The van der Waals surface area contributed by atoms with Crippen LogP contribution in [0.25, 0.3) is 0 Å². The van der Waals surface area contributed by atoms with Crippen LogP contribution in [0.5, 0.6) is 0 Å². The van der Waals surface area contributed by atoms with E-state index >= 15 is 0 Å². The molecule has 0 aromatic rings. The van der Waals surface area contributed by atoms with Crippen molar-refractivity contribution >= 4 is 14.6 Å². The fourth-order valence-corrected chi connectivity index (χ4v) is 3.66. The molecule has 118 valence electrons. The zero-order valence-corrected chi connectivity index (χ0v) is 15.1. The van der Waals surface area contributed by atoms with E-state index in [0.717, 1.165) is 6.29 Å². The van der Waals surface area contributed by atoms with E-state index in [1.165, 1.54) is 0 Å². The molecular formula is C15H30O4Si. The predicted molar refractivity (Wildman–Crippen MR) is 82.3 cm³/mol. The van der Waals surface area contributed by atoms with Crippen LogP contribution in [0.4, 0.5) is 0 Å². The minimum absolute atomic E-state index is 0.0809. The fourth-order valence-electron chi connectivity index (χ4n) is 2.25. The summed E-state index contributed by atoms with van der Waals surface area (Å²) in [7, 11) is -1.86. The standard InChI is InChI=1S/C15H30O4Si/c1-11(19-20(7,8)14(2,3)4)13-12(9-10-16)17-15(5,6)18-13/h10-13H,9H2,1-8H3/t11-,12-,13+/m1/s1. The summed E-state index contributed by atoms with van der Waals surface area (Å²) in [4.78, 5) is 10.8. The van der Waals surface area contributed by atoms with Crippen LogP contribution in [0, 0.1) is 0 Å². The van der Waals surface area contributed by atoms with Crippen LogP contribution in [0.1, 0.15) is 48.0 Å².